The maximum atomic E-state index is 12.9. The summed E-state index contributed by atoms with van der Waals surface area (Å²) in [6.45, 7) is 5.02. The largest absolute Gasteiger partial charge is 0.338 e. The van der Waals surface area contributed by atoms with Crippen molar-refractivity contribution in [3.63, 3.8) is 0 Å². The van der Waals surface area contributed by atoms with Crippen molar-refractivity contribution in [2.24, 2.45) is 5.92 Å². The molecule has 30 heavy (non-hydrogen) atoms. The number of hydrogen-bond donors (Lipinski definition) is 1. The van der Waals surface area contributed by atoms with E-state index in [1.807, 2.05) is 56.3 Å². The lowest BCUT2D eigenvalue weighted by atomic mass is 10.1. The van der Waals surface area contributed by atoms with E-state index in [4.69, 9.17) is 0 Å². The molecule has 2 amide bonds. The first kappa shape index (κ1) is 22.1. The van der Waals surface area contributed by atoms with E-state index in [2.05, 4.69) is 31.4 Å². The van der Waals surface area contributed by atoms with Gasteiger partial charge in [-0.3, -0.25) is 9.59 Å². The van der Waals surface area contributed by atoms with Gasteiger partial charge in [0.15, 0.2) is 0 Å². The first-order valence-electron chi connectivity index (χ1n) is 9.66. The van der Waals surface area contributed by atoms with Gasteiger partial charge in [0.05, 0.1) is 0 Å². The molecular formula is C22H23BrN4O2S. The summed E-state index contributed by atoms with van der Waals surface area (Å²) in [5.41, 5.74) is 1.56. The van der Waals surface area contributed by atoms with Crippen molar-refractivity contribution < 1.29 is 9.59 Å². The third-order valence-electron chi connectivity index (χ3n) is 4.26. The van der Waals surface area contributed by atoms with Crippen molar-refractivity contribution in [1.29, 1.82) is 0 Å². The fraction of sp³-hybridized carbons (Fsp3) is 0.273. The number of rotatable bonds is 8. The van der Waals surface area contributed by atoms with Crippen molar-refractivity contribution in [3.05, 3.63) is 64.6 Å². The van der Waals surface area contributed by atoms with E-state index in [1.54, 1.807) is 17.0 Å². The van der Waals surface area contributed by atoms with Crippen molar-refractivity contribution >= 4 is 44.2 Å². The summed E-state index contributed by atoms with van der Waals surface area (Å²) in [7, 11) is 0. The Labute approximate surface area is 188 Å². The highest BCUT2D eigenvalue weighted by molar-refractivity contribution is 9.10. The number of aromatic nitrogens is 2. The Balaban J connectivity index is 1.60. The Morgan fingerprint density at radius 3 is 2.43 bits per heavy atom. The second kappa shape index (κ2) is 10.4. The Morgan fingerprint density at radius 2 is 1.77 bits per heavy atom. The molecule has 0 radical (unpaired) electrons. The lowest BCUT2D eigenvalue weighted by Gasteiger charge is -2.24. The number of carbonyl (C=O) groups is 2. The zero-order valence-electron chi connectivity index (χ0n) is 16.8. The van der Waals surface area contributed by atoms with Gasteiger partial charge in [0, 0.05) is 35.1 Å². The van der Waals surface area contributed by atoms with Gasteiger partial charge in [0.1, 0.15) is 5.01 Å². The molecule has 0 saturated carbocycles. The number of nitrogens with zero attached hydrogens (tertiary/aromatic N) is 3. The van der Waals surface area contributed by atoms with Crippen LogP contribution in [0.25, 0.3) is 10.6 Å². The zero-order chi connectivity index (χ0) is 21.5. The van der Waals surface area contributed by atoms with Crippen molar-refractivity contribution in [2.45, 2.75) is 20.3 Å². The van der Waals surface area contributed by atoms with Gasteiger partial charge in [-0.2, -0.15) is 0 Å². The first-order chi connectivity index (χ1) is 14.4. The van der Waals surface area contributed by atoms with Crippen LogP contribution in [-0.2, 0) is 4.79 Å². The lowest BCUT2D eigenvalue weighted by molar-refractivity contribution is -0.116. The summed E-state index contributed by atoms with van der Waals surface area (Å²) in [4.78, 5) is 27.0. The van der Waals surface area contributed by atoms with Crippen LogP contribution in [0.1, 0.15) is 30.6 Å². The molecular weight excluding hydrogens is 464 g/mol. The van der Waals surface area contributed by atoms with Crippen LogP contribution in [-0.4, -0.2) is 40.0 Å². The van der Waals surface area contributed by atoms with E-state index in [1.165, 1.54) is 11.3 Å². The lowest BCUT2D eigenvalue weighted by Crippen LogP contribution is -2.36. The molecule has 156 valence electrons. The van der Waals surface area contributed by atoms with Crippen LogP contribution in [0.5, 0.6) is 0 Å². The van der Waals surface area contributed by atoms with E-state index < -0.39 is 0 Å². The van der Waals surface area contributed by atoms with Crippen LogP contribution in [0.4, 0.5) is 5.13 Å². The van der Waals surface area contributed by atoms with Crippen LogP contribution >= 0.6 is 27.3 Å². The Hall–Kier alpha value is -2.58. The van der Waals surface area contributed by atoms with Crippen LogP contribution in [0.15, 0.2) is 59.1 Å². The molecule has 2 aromatic carbocycles. The van der Waals surface area contributed by atoms with Gasteiger partial charge in [-0.1, -0.05) is 71.4 Å². The molecule has 0 saturated heterocycles. The first-order valence-corrected chi connectivity index (χ1v) is 11.3. The molecule has 1 heterocycles. The molecule has 0 spiro atoms. The molecule has 0 fully saturated rings. The maximum Gasteiger partial charge on any atom is 0.253 e. The summed E-state index contributed by atoms with van der Waals surface area (Å²) in [5, 5.41) is 12.2. The minimum absolute atomic E-state index is 0.0775. The molecule has 0 bridgehead atoms. The number of carbonyl (C=O) groups excluding carboxylic acids is 2. The quantitative estimate of drug-likeness (QED) is 0.480. The van der Waals surface area contributed by atoms with E-state index in [0.717, 1.165) is 15.0 Å². The van der Waals surface area contributed by atoms with Gasteiger partial charge in [-0.15, -0.1) is 10.2 Å². The standard InChI is InChI=1S/C22H23BrN4O2S/c1-15(2)14-27(21(29)17-8-10-18(23)11-9-17)13-12-19(28)24-22-26-25-20(30-22)16-6-4-3-5-7-16/h3-11,15H,12-14H2,1-2H3,(H,24,26,28). The molecule has 8 heteroatoms. The van der Waals surface area contributed by atoms with Crippen molar-refractivity contribution in [3.8, 4) is 10.6 Å². The average molecular weight is 487 g/mol. The molecule has 1 N–H and O–H groups in total. The SMILES string of the molecule is CC(C)CN(CCC(=O)Nc1nnc(-c2ccccc2)s1)C(=O)c1ccc(Br)cc1. The van der Waals surface area contributed by atoms with Gasteiger partial charge >= 0.3 is 0 Å². The average Bonchev–Trinajstić information content (AvgIpc) is 3.20. The predicted molar refractivity (Wildman–Crippen MR) is 123 cm³/mol. The molecule has 0 aliphatic heterocycles. The van der Waals surface area contributed by atoms with Crippen molar-refractivity contribution in [2.75, 3.05) is 18.4 Å². The monoisotopic (exact) mass is 486 g/mol. The third kappa shape index (κ3) is 6.21. The number of anilines is 1. The van der Waals surface area contributed by atoms with Crippen LogP contribution in [0.3, 0.4) is 0 Å². The Bertz CT molecular complexity index is 990. The normalized spacial score (nSPS) is 10.8. The van der Waals surface area contributed by atoms with Gasteiger partial charge in [0.25, 0.3) is 5.91 Å². The molecule has 1 aromatic heterocycles. The third-order valence-corrected chi connectivity index (χ3v) is 5.68. The van der Waals surface area contributed by atoms with Crippen LogP contribution in [0, 0.1) is 5.92 Å². The van der Waals surface area contributed by atoms with E-state index in [-0.39, 0.29) is 18.2 Å². The van der Waals surface area contributed by atoms with E-state index in [0.29, 0.717) is 29.7 Å². The Morgan fingerprint density at radius 1 is 1.07 bits per heavy atom. The predicted octanol–water partition coefficient (Wildman–Crippen LogP) is 5.09. The highest BCUT2D eigenvalue weighted by atomic mass is 79.9. The molecule has 6 nitrogen and oxygen atoms in total. The minimum Gasteiger partial charge on any atom is -0.338 e. The number of halogens is 1. The molecule has 3 rings (SSSR count). The topological polar surface area (TPSA) is 75.2 Å². The smallest absolute Gasteiger partial charge is 0.253 e. The van der Waals surface area contributed by atoms with Gasteiger partial charge < -0.3 is 10.2 Å². The molecule has 0 aliphatic carbocycles. The highest BCUT2D eigenvalue weighted by Crippen LogP contribution is 2.26. The summed E-state index contributed by atoms with van der Waals surface area (Å²) in [6.07, 6.45) is 0.190. The summed E-state index contributed by atoms with van der Waals surface area (Å²) in [5.74, 6) is 0.0263. The van der Waals surface area contributed by atoms with E-state index >= 15 is 0 Å². The number of hydrogen-bond acceptors (Lipinski definition) is 5. The van der Waals surface area contributed by atoms with Gasteiger partial charge in [-0.05, 0) is 30.2 Å². The number of nitrogens with one attached hydrogen (secondary N) is 1. The molecule has 0 aliphatic rings. The maximum absolute atomic E-state index is 12.9. The fourth-order valence-corrected chi connectivity index (χ4v) is 3.91. The zero-order valence-corrected chi connectivity index (χ0v) is 19.2. The van der Waals surface area contributed by atoms with Crippen molar-refractivity contribution in [1.82, 2.24) is 15.1 Å². The van der Waals surface area contributed by atoms with Gasteiger partial charge in [-0.25, -0.2) is 0 Å². The summed E-state index contributed by atoms with van der Waals surface area (Å²) >= 11 is 4.71. The fourth-order valence-electron chi connectivity index (χ4n) is 2.88. The summed E-state index contributed by atoms with van der Waals surface area (Å²) < 4.78 is 0.917. The molecule has 0 unspecified atom stereocenters. The van der Waals surface area contributed by atoms with Crippen LogP contribution < -0.4 is 5.32 Å². The van der Waals surface area contributed by atoms with Gasteiger partial charge in [0.2, 0.25) is 11.0 Å². The highest BCUT2D eigenvalue weighted by Gasteiger charge is 2.18. The van der Waals surface area contributed by atoms with E-state index in [9.17, 15) is 9.59 Å². The second-order valence-electron chi connectivity index (χ2n) is 7.23. The molecule has 3 aromatic rings. The summed E-state index contributed by atoms with van der Waals surface area (Å²) in [6, 6.07) is 16.9. The molecule has 0 atom stereocenters. The minimum atomic E-state index is -0.192. The second-order valence-corrected chi connectivity index (χ2v) is 9.12. The van der Waals surface area contributed by atoms with Crippen LogP contribution in [0.2, 0.25) is 0 Å². The number of benzene rings is 2. The Kier molecular flexibility index (Phi) is 7.70. The number of amides is 2.